The lowest BCUT2D eigenvalue weighted by atomic mass is 9.96. The van der Waals surface area contributed by atoms with E-state index in [4.69, 9.17) is 5.41 Å². The summed E-state index contributed by atoms with van der Waals surface area (Å²) >= 11 is 0. The van der Waals surface area contributed by atoms with Crippen LogP contribution >= 0.6 is 0 Å². The van der Waals surface area contributed by atoms with Crippen LogP contribution in [0.25, 0.3) is 0 Å². The van der Waals surface area contributed by atoms with Crippen LogP contribution in [0.15, 0.2) is 0 Å². The predicted octanol–water partition coefficient (Wildman–Crippen LogP) is 1.03. The summed E-state index contributed by atoms with van der Waals surface area (Å²) in [5.74, 6) is 0.527. The van der Waals surface area contributed by atoms with E-state index in [0.29, 0.717) is 5.92 Å². The molecule has 2 heteroatoms. The first kappa shape index (κ1) is 6.75. The lowest BCUT2D eigenvalue weighted by Crippen LogP contribution is -2.33. The van der Waals surface area contributed by atoms with Crippen molar-refractivity contribution in [1.29, 1.82) is 5.41 Å². The van der Waals surface area contributed by atoms with E-state index in [9.17, 15) is 0 Å². The highest BCUT2D eigenvalue weighted by atomic mass is 14.9. The Morgan fingerprint density at radius 2 is 2.44 bits per heavy atom. The Morgan fingerprint density at radius 3 is 2.78 bits per heavy atom. The molecule has 2 N–H and O–H groups in total. The Morgan fingerprint density at radius 1 is 1.67 bits per heavy atom. The third kappa shape index (κ3) is 1.79. The van der Waals surface area contributed by atoms with Gasteiger partial charge in [0.2, 0.25) is 0 Å². The number of hydrogen-bond acceptors (Lipinski definition) is 2. The molecule has 52 valence electrons. The van der Waals surface area contributed by atoms with Gasteiger partial charge in [-0.3, -0.25) is 0 Å². The third-order valence-electron chi connectivity index (χ3n) is 1.91. The highest BCUT2D eigenvalue weighted by molar-refractivity contribution is 5.81. The molecular weight excluding hydrogens is 112 g/mol. The maximum atomic E-state index is 7.35. The molecule has 1 atom stereocenters. The second-order valence-electron chi connectivity index (χ2n) is 2.73. The van der Waals surface area contributed by atoms with Gasteiger partial charge in [-0.05, 0) is 26.3 Å². The summed E-state index contributed by atoms with van der Waals surface area (Å²) in [6.07, 6.45) is 2.45. The van der Waals surface area contributed by atoms with Crippen LogP contribution in [0.1, 0.15) is 19.8 Å². The van der Waals surface area contributed by atoms with Gasteiger partial charge in [0.05, 0.1) is 0 Å². The molecule has 2 nitrogen and oxygen atoms in total. The number of rotatable bonds is 1. The van der Waals surface area contributed by atoms with Gasteiger partial charge >= 0.3 is 0 Å². The lowest BCUT2D eigenvalue weighted by molar-refractivity contribution is 0.456. The SMILES string of the molecule is CC(=N)[C@@H]1CCCNC1. The maximum Gasteiger partial charge on any atom is 0.0102 e. The molecule has 0 aromatic heterocycles. The minimum atomic E-state index is 0.527. The zero-order chi connectivity index (χ0) is 6.69. The highest BCUT2D eigenvalue weighted by Gasteiger charge is 2.13. The molecule has 1 fully saturated rings. The van der Waals surface area contributed by atoms with Crippen LogP contribution in [-0.2, 0) is 0 Å². The second-order valence-corrected chi connectivity index (χ2v) is 2.73. The van der Waals surface area contributed by atoms with Crippen LogP contribution in [-0.4, -0.2) is 18.8 Å². The van der Waals surface area contributed by atoms with Crippen LogP contribution < -0.4 is 5.32 Å². The summed E-state index contributed by atoms with van der Waals surface area (Å²) in [5, 5.41) is 10.6. The summed E-state index contributed by atoms with van der Waals surface area (Å²) in [5.41, 5.74) is 0.835. The topological polar surface area (TPSA) is 35.9 Å². The van der Waals surface area contributed by atoms with Gasteiger partial charge in [-0.1, -0.05) is 0 Å². The normalized spacial score (nSPS) is 27.9. The fourth-order valence-corrected chi connectivity index (χ4v) is 1.22. The van der Waals surface area contributed by atoms with Crippen LogP contribution in [0.4, 0.5) is 0 Å². The molecule has 1 aliphatic rings. The molecule has 0 aromatic carbocycles. The van der Waals surface area contributed by atoms with E-state index in [1.807, 2.05) is 6.92 Å². The van der Waals surface area contributed by atoms with E-state index in [-0.39, 0.29) is 0 Å². The maximum absolute atomic E-state index is 7.35. The highest BCUT2D eigenvalue weighted by Crippen LogP contribution is 2.09. The van der Waals surface area contributed by atoms with E-state index < -0.39 is 0 Å². The van der Waals surface area contributed by atoms with Crippen LogP contribution in [0.3, 0.4) is 0 Å². The zero-order valence-electron chi connectivity index (χ0n) is 5.91. The fourth-order valence-electron chi connectivity index (χ4n) is 1.22. The fraction of sp³-hybridized carbons (Fsp3) is 0.857. The van der Waals surface area contributed by atoms with Crippen molar-refractivity contribution in [3.63, 3.8) is 0 Å². The molecular formula is C7H14N2. The van der Waals surface area contributed by atoms with Crippen molar-refractivity contribution >= 4 is 5.71 Å². The van der Waals surface area contributed by atoms with Gasteiger partial charge in [-0.15, -0.1) is 0 Å². The van der Waals surface area contributed by atoms with Crippen molar-refractivity contribution in [2.75, 3.05) is 13.1 Å². The Hall–Kier alpha value is -0.370. The molecule has 0 aromatic rings. The molecule has 0 saturated carbocycles. The Kier molecular flexibility index (Phi) is 2.22. The van der Waals surface area contributed by atoms with Gasteiger partial charge in [0.1, 0.15) is 0 Å². The molecule has 1 saturated heterocycles. The Labute approximate surface area is 56.2 Å². The second kappa shape index (κ2) is 2.97. The average Bonchev–Trinajstić information content (AvgIpc) is 1.90. The van der Waals surface area contributed by atoms with Crippen molar-refractivity contribution in [3.8, 4) is 0 Å². The van der Waals surface area contributed by atoms with Crippen molar-refractivity contribution in [2.24, 2.45) is 5.92 Å². The van der Waals surface area contributed by atoms with Gasteiger partial charge < -0.3 is 10.7 Å². The largest absolute Gasteiger partial charge is 0.316 e. The smallest absolute Gasteiger partial charge is 0.0102 e. The van der Waals surface area contributed by atoms with Crippen molar-refractivity contribution in [2.45, 2.75) is 19.8 Å². The molecule has 0 spiro atoms. The summed E-state index contributed by atoms with van der Waals surface area (Å²) in [6.45, 7) is 4.07. The molecule has 0 bridgehead atoms. The summed E-state index contributed by atoms with van der Waals surface area (Å²) in [4.78, 5) is 0. The van der Waals surface area contributed by atoms with Gasteiger partial charge in [0.15, 0.2) is 0 Å². The van der Waals surface area contributed by atoms with E-state index in [1.54, 1.807) is 0 Å². The predicted molar refractivity (Wildman–Crippen MR) is 39.0 cm³/mol. The molecule has 0 radical (unpaired) electrons. The summed E-state index contributed by atoms with van der Waals surface area (Å²) in [7, 11) is 0. The van der Waals surface area contributed by atoms with Gasteiger partial charge in [-0.2, -0.15) is 0 Å². The molecule has 9 heavy (non-hydrogen) atoms. The first-order chi connectivity index (χ1) is 4.30. The minimum absolute atomic E-state index is 0.527. The lowest BCUT2D eigenvalue weighted by Gasteiger charge is -2.21. The molecule has 0 aliphatic carbocycles. The standard InChI is InChI=1S/C7H14N2/c1-6(8)7-3-2-4-9-5-7/h7-9H,2-5H2,1H3/t7-/m1/s1. The van der Waals surface area contributed by atoms with Gasteiger partial charge in [-0.25, -0.2) is 0 Å². The molecule has 1 aliphatic heterocycles. The van der Waals surface area contributed by atoms with E-state index >= 15 is 0 Å². The summed E-state index contributed by atoms with van der Waals surface area (Å²) in [6, 6.07) is 0. The minimum Gasteiger partial charge on any atom is -0.316 e. The Bertz CT molecular complexity index is 103. The summed E-state index contributed by atoms with van der Waals surface area (Å²) < 4.78 is 0. The number of piperidine rings is 1. The number of nitrogens with one attached hydrogen (secondary N) is 2. The molecule has 0 amide bonds. The van der Waals surface area contributed by atoms with Crippen LogP contribution in [0.5, 0.6) is 0 Å². The molecule has 1 heterocycles. The van der Waals surface area contributed by atoms with E-state index in [0.717, 1.165) is 18.8 Å². The van der Waals surface area contributed by atoms with Crippen molar-refractivity contribution in [3.05, 3.63) is 0 Å². The van der Waals surface area contributed by atoms with Crippen molar-refractivity contribution in [1.82, 2.24) is 5.32 Å². The average molecular weight is 126 g/mol. The van der Waals surface area contributed by atoms with E-state index in [1.165, 1.54) is 12.8 Å². The quantitative estimate of drug-likeness (QED) is 0.506. The van der Waals surface area contributed by atoms with E-state index in [2.05, 4.69) is 5.32 Å². The van der Waals surface area contributed by atoms with Crippen molar-refractivity contribution < 1.29 is 0 Å². The van der Waals surface area contributed by atoms with Gasteiger partial charge in [0, 0.05) is 18.2 Å². The zero-order valence-corrected chi connectivity index (χ0v) is 5.91. The molecule has 0 unspecified atom stereocenters. The first-order valence-electron chi connectivity index (χ1n) is 3.56. The van der Waals surface area contributed by atoms with Gasteiger partial charge in [0.25, 0.3) is 0 Å². The first-order valence-corrected chi connectivity index (χ1v) is 3.56. The number of hydrogen-bond donors (Lipinski definition) is 2. The third-order valence-corrected chi connectivity index (χ3v) is 1.91. The molecule has 1 rings (SSSR count). The van der Waals surface area contributed by atoms with Crippen LogP contribution in [0, 0.1) is 11.3 Å². The van der Waals surface area contributed by atoms with Crippen LogP contribution in [0.2, 0.25) is 0 Å². The Balaban J connectivity index is 2.31. The monoisotopic (exact) mass is 126 g/mol.